The van der Waals surface area contributed by atoms with E-state index in [1.165, 1.54) is 6.08 Å². The predicted octanol–water partition coefficient (Wildman–Crippen LogP) is 1.11. The summed E-state index contributed by atoms with van der Waals surface area (Å²) in [5.74, 6) is 0.515. The van der Waals surface area contributed by atoms with E-state index in [4.69, 9.17) is 14.2 Å². The molecule has 6 nitrogen and oxygen atoms in total. The molecule has 0 aromatic heterocycles. The molecule has 106 valence electrons. The van der Waals surface area contributed by atoms with Crippen molar-refractivity contribution in [3.63, 3.8) is 0 Å². The first-order valence-electron chi connectivity index (χ1n) is 6.20. The third kappa shape index (κ3) is 3.74. The van der Waals surface area contributed by atoms with Gasteiger partial charge in [-0.1, -0.05) is 6.07 Å². The van der Waals surface area contributed by atoms with E-state index in [9.17, 15) is 9.59 Å². The monoisotopic (exact) mass is 277 g/mol. The fourth-order valence-corrected chi connectivity index (χ4v) is 1.62. The van der Waals surface area contributed by atoms with E-state index in [1.54, 1.807) is 25.1 Å². The minimum absolute atomic E-state index is 0.141. The van der Waals surface area contributed by atoms with Crippen LogP contribution < -0.4 is 14.8 Å². The van der Waals surface area contributed by atoms with Gasteiger partial charge in [0.2, 0.25) is 12.7 Å². The van der Waals surface area contributed by atoms with E-state index >= 15 is 0 Å². The third-order valence-electron chi connectivity index (χ3n) is 2.54. The van der Waals surface area contributed by atoms with Gasteiger partial charge < -0.3 is 19.5 Å². The highest BCUT2D eigenvalue weighted by Gasteiger charge is 2.12. The Morgan fingerprint density at radius 3 is 2.95 bits per heavy atom. The SMILES string of the molecule is CCOC(=O)CNC(=O)C=Cc1ccc2c(c1)OCO2. The highest BCUT2D eigenvalue weighted by molar-refractivity contribution is 5.93. The lowest BCUT2D eigenvalue weighted by molar-refractivity contribution is -0.143. The fourth-order valence-electron chi connectivity index (χ4n) is 1.62. The molecule has 1 N–H and O–H groups in total. The number of carbonyl (C=O) groups is 2. The molecule has 20 heavy (non-hydrogen) atoms. The number of hydrogen-bond donors (Lipinski definition) is 1. The summed E-state index contributed by atoms with van der Waals surface area (Å²) in [5, 5.41) is 2.43. The number of carbonyl (C=O) groups excluding carboxylic acids is 2. The van der Waals surface area contributed by atoms with Gasteiger partial charge in [0.05, 0.1) is 6.61 Å². The molecular formula is C14H15NO5. The maximum atomic E-state index is 11.5. The maximum absolute atomic E-state index is 11.5. The van der Waals surface area contributed by atoms with E-state index in [0.717, 1.165) is 5.56 Å². The molecule has 0 aliphatic carbocycles. The first kappa shape index (κ1) is 13.9. The Morgan fingerprint density at radius 2 is 2.15 bits per heavy atom. The molecule has 0 saturated heterocycles. The van der Waals surface area contributed by atoms with Gasteiger partial charge in [-0.2, -0.15) is 0 Å². The van der Waals surface area contributed by atoms with Crippen molar-refractivity contribution in [1.29, 1.82) is 0 Å². The van der Waals surface area contributed by atoms with Gasteiger partial charge in [-0.3, -0.25) is 9.59 Å². The molecule has 0 bridgehead atoms. The Bertz CT molecular complexity index is 538. The first-order valence-corrected chi connectivity index (χ1v) is 6.20. The molecule has 0 radical (unpaired) electrons. The van der Waals surface area contributed by atoms with Crippen LogP contribution in [0.4, 0.5) is 0 Å². The molecule has 1 aliphatic rings. The summed E-state index contributed by atoms with van der Waals surface area (Å²) in [4.78, 5) is 22.6. The first-order chi connectivity index (χ1) is 9.69. The van der Waals surface area contributed by atoms with Gasteiger partial charge in [0.15, 0.2) is 11.5 Å². The normalized spacial score (nSPS) is 12.4. The highest BCUT2D eigenvalue weighted by atomic mass is 16.7. The molecule has 2 rings (SSSR count). The lowest BCUT2D eigenvalue weighted by Gasteiger charge is -2.02. The number of fused-ring (bicyclic) bond motifs is 1. The lowest BCUT2D eigenvalue weighted by Crippen LogP contribution is -2.29. The average Bonchev–Trinajstić information content (AvgIpc) is 2.90. The molecule has 1 heterocycles. The third-order valence-corrected chi connectivity index (χ3v) is 2.54. The maximum Gasteiger partial charge on any atom is 0.325 e. The smallest absolute Gasteiger partial charge is 0.325 e. The molecule has 0 spiro atoms. The van der Waals surface area contributed by atoms with Crippen molar-refractivity contribution in [2.75, 3.05) is 19.9 Å². The number of amides is 1. The molecule has 0 unspecified atom stereocenters. The fraction of sp³-hybridized carbons (Fsp3) is 0.286. The average molecular weight is 277 g/mol. The number of rotatable bonds is 5. The summed E-state index contributed by atoms with van der Waals surface area (Å²) >= 11 is 0. The highest BCUT2D eigenvalue weighted by Crippen LogP contribution is 2.32. The molecule has 6 heteroatoms. The van der Waals surface area contributed by atoms with Crippen LogP contribution in [0.15, 0.2) is 24.3 Å². The van der Waals surface area contributed by atoms with Gasteiger partial charge in [-0.05, 0) is 30.7 Å². The molecule has 0 atom stereocenters. The topological polar surface area (TPSA) is 73.9 Å². The number of esters is 1. The molecule has 0 saturated carbocycles. The summed E-state index contributed by atoms with van der Waals surface area (Å²) < 4.78 is 15.1. The van der Waals surface area contributed by atoms with Crippen molar-refractivity contribution in [2.45, 2.75) is 6.92 Å². The van der Waals surface area contributed by atoms with Gasteiger partial charge in [-0.15, -0.1) is 0 Å². The van der Waals surface area contributed by atoms with Crippen molar-refractivity contribution < 1.29 is 23.8 Å². The minimum atomic E-state index is -0.461. The van der Waals surface area contributed by atoms with Crippen LogP contribution in [0, 0.1) is 0 Å². The second-order valence-electron chi connectivity index (χ2n) is 3.97. The molecule has 1 amide bonds. The van der Waals surface area contributed by atoms with Crippen LogP contribution in [-0.4, -0.2) is 31.8 Å². The van der Waals surface area contributed by atoms with Crippen LogP contribution >= 0.6 is 0 Å². The van der Waals surface area contributed by atoms with Gasteiger partial charge in [0, 0.05) is 6.08 Å². The van der Waals surface area contributed by atoms with Gasteiger partial charge in [0.1, 0.15) is 6.54 Å². The zero-order chi connectivity index (χ0) is 14.4. The van der Waals surface area contributed by atoms with Gasteiger partial charge in [-0.25, -0.2) is 0 Å². The van der Waals surface area contributed by atoms with E-state index in [-0.39, 0.29) is 19.2 Å². The minimum Gasteiger partial charge on any atom is -0.465 e. The number of ether oxygens (including phenoxy) is 3. The summed E-state index contributed by atoms with van der Waals surface area (Å²) in [6.07, 6.45) is 2.97. The standard InChI is InChI=1S/C14H15NO5/c1-2-18-14(17)8-15-13(16)6-4-10-3-5-11-12(7-10)20-9-19-11/h3-7H,2,8-9H2,1H3,(H,15,16). The summed E-state index contributed by atoms with van der Waals surface area (Å²) in [6, 6.07) is 5.36. The Kier molecular flexibility index (Phi) is 4.60. The van der Waals surface area contributed by atoms with Crippen LogP contribution in [-0.2, 0) is 14.3 Å². The zero-order valence-electron chi connectivity index (χ0n) is 11.0. The van der Waals surface area contributed by atoms with Gasteiger partial charge in [0.25, 0.3) is 0 Å². The molecule has 1 aromatic carbocycles. The number of hydrogen-bond acceptors (Lipinski definition) is 5. The largest absolute Gasteiger partial charge is 0.465 e. The summed E-state index contributed by atoms with van der Waals surface area (Å²) in [7, 11) is 0. The zero-order valence-corrected chi connectivity index (χ0v) is 11.0. The van der Waals surface area contributed by atoms with Crippen molar-refractivity contribution in [1.82, 2.24) is 5.32 Å². The second kappa shape index (κ2) is 6.60. The molecule has 1 aromatic rings. The van der Waals surface area contributed by atoms with Crippen molar-refractivity contribution >= 4 is 18.0 Å². The molecule has 0 fully saturated rings. The van der Waals surface area contributed by atoms with Crippen LogP contribution in [0.2, 0.25) is 0 Å². The van der Waals surface area contributed by atoms with Crippen LogP contribution in [0.25, 0.3) is 6.08 Å². The lowest BCUT2D eigenvalue weighted by atomic mass is 10.2. The van der Waals surface area contributed by atoms with E-state index in [0.29, 0.717) is 18.1 Å². The Morgan fingerprint density at radius 1 is 1.35 bits per heavy atom. The number of benzene rings is 1. The Labute approximate surface area is 116 Å². The molecular weight excluding hydrogens is 262 g/mol. The van der Waals surface area contributed by atoms with Crippen molar-refractivity contribution in [3.8, 4) is 11.5 Å². The number of nitrogens with one attached hydrogen (secondary N) is 1. The van der Waals surface area contributed by atoms with E-state index < -0.39 is 5.97 Å². The van der Waals surface area contributed by atoms with E-state index in [1.807, 2.05) is 6.07 Å². The van der Waals surface area contributed by atoms with Crippen molar-refractivity contribution in [2.24, 2.45) is 0 Å². The van der Waals surface area contributed by atoms with Crippen LogP contribution in [0.5, 0.6) is 11.5 Å². The second-order valence-corrected chi connectivity index (χ2v) is 3.97. The summed E-state index contributed by atoms with van der Waals surface area (Å²) in [6.45, 7) is 2.07. The van der Waals surface area contributed by atoms with Gasteiger partial charge >= 0.3 is 5.97 Å². The quantitative estimate of drug-likeness (QED) is 0.644. The van der Waals surface area contributed by atoms with Crippen molar-refractivity contribution in [3.05, 3.63) is 29.8 Å². The summed E-state index contributed by atoms with van der Waals surface area (Å²) in [5.41, 5.74) is 0.806. The van der Waals surface area contributed by atoms with E-state index in [2.05, 4.69) is 5.32 Å². The predicted molar refractivity (Wildman–Crippen MR) is 71.2 cm³/mol. The Balaban J connectivity index is 1.86. The Hall–Kier alpha value is -2.50. The van der Waals surface area contributed by atoms with Crippen LogP contribution in [0.3, 0.4) is 0 Å². The molecule has 1 aliphatic heterocycles. The van der Waals surface area contributed by atoms with Crippen LogP contribution in [0.1, 0.15) is 12.5 Å².